The second-order valence-corrected chi connectivity index (χ2v) is 8.19. The minimum atomic E-state index is -3.71. The molecule has 0 bridgehead atoms. The molecule has 0 aliphatic rings. The normalized spacial score (nSPS) is 11.8. The van der Waals surface area contributed by atoms with E-state index in [1.807, 2.05) is 35.8 Å². The molecule has 6 nitrogen and oxygen atoms in total. The highest BCUT2D eigenvalue weighted by Crippen LogP contribution is 2.26. The maximum absolute atomic E-state index is 12.4. The van der Waals surface area contributed by atoms with Crippen LogP contribution in [0.1, 0.15) is 11.4 Å². The molecule has 27 heavy (non-hydrogen) atoms. The Morgan fingerprint density at radius 3 is 2.78 bits per heavy atom. The summed E-state index contributed by atoms with van der Waals surface area (Å²) in [4.78, 5) is 4.62. The molecule has 0 amide bonds. The Kier molecular flexibility index (Phi) is 4.41. The number of benzene rings is 2. The first-order valence-corrected chi connectivity index (χ1v) is 10.1. The van der Waals surface area contributed by atoms with Crippen LogP contribution in [0.15, 0.2) is 70.4 Å². The summed E-state index contributed by atoms with van der Waals surface area (Å²) in [5.41, 5.74) is 3.12. The lowest BCUT2D eigenvalue weighted by Gasteiger charge is -2.12. The Hall–Kier alpha value is -2.77. The van der Waals surface area contributed by atoms with Gasteiger partial charge >= 0.3 is 0 Å². The summed E-state index contributed by atoms with van der Waals surface area (Å²) in [6, 6.07) is 14.3. The van der Waals surface area contributed by atoms with E-state index in [1.54, 1.807) is 18.2 Å². The molecule has 0 radical (unpaired) electrons. The number of para-hydroxylation sites is 2. The third kappa shape index (κ3) is 3.43. The quantitative estimate of drug-likeness (QED) is 0.536. The molecule has 2 aromatic heterocycles. The summed E-state index contributed by atoms with van der Waals surface area (Å²) in [7, 11) is -3.71. The number of hydrogen-bond donors (Lipinski definition) is 1. The van der Waals surface area contributed by atoms with E-state index in [2.05, 4.69) is 9.71 Å². The smallest absolute Gasteiger partial charge is 0.265 e. The van der Waals surface area contributed by atoms with Gasteiger partial charge in [0.25, 0.3) is 10.0 Å². The molecule has 0 fully saturated rings. The molecule has 8 heteroatoms. The highest BCUT2D eigenvalue weighted by Gasteiger charge is 2.16. The van der Waals surface area contributed by atoms with Crippen LogP contribution in [-0.4, -0.2) is 18.0 Å². The fourth-order valence-corrected chi connectivity index (χ4v) is 4.09. The van der Waals surface area contributed by atoms with Crippen molar-refractivity contribution in [3.63, 3.8) is 0 Å². The summed E-state index contributed by atoms with van der Waals surface area (Å²) < 4.78 is 34.2. The predicted octanol–water partition coefficient (Wildman–Crippen LogP) is 4.44. The van der Waals surface area contributed by atoms with Gasteiger partial charge in [-0.3, -0.25) is 4.72 Å². The highest BCUT2D eigenvalue weighted by molar-refractivity contribution is 7.92. The van der Waals surface area contributed by atoms with Crippen LogP contribution in [0.3, 0.4) is 0 Å². The number of anilines is 1. The van der Waals surface area contributed by atoms with Crippen molar-refractivity contribution in [2.45, 2.75) is 18.4 Å². The molecule has 0 aliphatic heterocycles. The van der Waals surface area contributed by atoms with Gasteiger partial charge in [-0.25, -0.2) is 13.4 Å². The maximum atomic E-state index is 12.4. The fraction of sp³-hybridized carbons (Fsp3) is 0.105. The zero-order valence-electron chi connectivity index (χ0n) is 14.4. The number of imidazole rings is 1. The number of aryl methyl sites for hydroxylation is 1. The number of hydrogen-bond acceptors (Lipinski definition) is 4. The van der Waals surface area contributed by atoms with Crippen molar-refractivity contribution in [1.82, 2.24) is 9.55 Å². The van der Waals surface area contributed by atoms with Crippen molar-refractivity contribution in [2.75, 3.05) is 4.72 Å². The van der Waals surface area contributed by atoms with Gasteiger partial charge in [0.05, 0.1) is 23.8 Å². The number of nitrogens with zero attached hydrogens (tertiary/aromatic N) is 2. The van der Waals surface area contributed by atoms with Crippen LogP contribution in [0.2, 0.25) is 5.02 Å². The molecule has 0 atom stereocenters. The Labute approximate surface area is 161 Å². The second-order valence-electron chi connectivity index (χ2n) is 6.10. The van der Waals surface area contributed by atoms with E-state index >= 15 is 0 Å². The first-order valence-electron chi connectivity index (χ1n) is 8.19. The molecule has 0 saturated heterocycles. The number of sulfonamides is 1. The number of nitrogens with one attached hydrogen (secondary N) is 1. The van der Waals surface area contributed by atoms with E-state index in [9.17, 15) is 8.42 Å². The van der Waals surface area contributed by atoms with Gasteiger partial charge < -0.3 is 8.98 Å². The average molecular weight is 402 g/mol. The summed E-state index contributed by atoms with van der Waals surface area (Å²) >= 11 is 6.36. The van der Waals surface area contributed by atoms with Gasteiger partial charge in [-0.2, -0.15) is 0 Å². The van der Waals surface area contributed by atoms with Crippen molar-refractivity contribution in [3.8, 4) is 0 Å². The van der Waals surface area contributed by atoms with E-state index < -0.39 is 10.0 Å². The highest BCUT2D eigenvalue weighted by atomic mass is 35.5. The number of fused-ring (bicyclic) bond motifs is 1. The number of halogens is 1. The first kappa shape index (κ1) is 17.6. The minimum Gasteiger partial charge on any atom is -0.471 e. The van der Waals surface area contributed by atoms with Crippen LogP contribution in [0.4, 0.5) is 5.69 Å². The summed E-state index contributed by atoms with van der Waals surface area (Å²) in [5, 5.41) is 0.554. The molecule has 138 valence electrons. The summed E-state index contributed by atoms with van der Waals surface area (Å²) in [6.45, 7) is 2.41. The van der Waals surface area contributed by atoms with Crippen molar-refractivity contribution in [1.29, 1.82) is 0 Å². The Bertz CT molecular complexity index is 1210. The minimum absolute atomic E-state index is 0.0652. The van der Waals surface area contributed by atoms with Gasteiger partial charge in [0, 0.05) is 10.7 Å². The predicted molar refractivity (Wildman–Crippen MR) is 105 cm³/mol. The van der Waals surface area contributed by atoms with Gasteiger partial charge in [0.15, 0.2) is 0 Å². The standard InChI is InChI=1S/C19H16ClN3O3S/c1-13-21-18-4-2-3-5-19(18)23(13)11-14-10-15(6-7-17(14)20)22-27(24,25)16-8-9-26-12-16/h2-10,12,22H,11H2,1H3. The van der Waals surface area contributed by atoms with Crippen LogP contribution < -0.4 is 4.72 Å². The van der Waals surface area contributed by atoms with Gasteiger partial charge in [-0.15, -0.1) is 0 Å². The molecule has 2 aromatic carbocycles. The monoisotopic (exact) mass is 401 g/mol. The summed E-state index contributed by atoms with van der Waals surface area (Å²) in [5.74, 6) is 0.858. The topological polar surface area (TPSA) is 77.1 Å². The lowest BCUT2D eigenvalue weighted by atomic mass is 10.2. The lowest BCUT2D eigenvalue weighted by Crippen LogP contribution is -2.12. The first-order chi connectivity index (χ1) is 12.9. The summed E-state index contributed by atoms with van der Waals surface area (Å²) in [6.07, 6.45) is 2.49. The van der Waals surface area contributed by atoms with Gasteiger partial charge in [-0.1, -0.05) is 23.7 Å². The molecule has 1 N–H and O–H groups in total. The zero-order valence-corrected chi connectivity index (χ0v) is 16.0. The molecular weight excluding hydrogens is 386 g/mol. The number of rotatable bonds is 5. The molecule has 2 heterocycles. The Morgan fingerprint density at radius 2 is 2.00 bits per heavy atom. The second kappa shape index (κ2) is 6.75. The van der Waals surface area contributed by atoms with E-state index in [0.717, 1.165) is 22.4 Å². The van der Waals surface area contributed by atoms with E-state index in [0.29, 0.717) is 17.3 Å². The Morgan fingerprint density at radius 1 is 1.19 bits per heavy atom. The van der Waals surface area contributed by atoms with E-state index in [4.69, 9.17) is 16.0 Å². The molecule has 4 rings (SSSR count). The number of aromatic nitrogens is 2. The average Bonchev–Trinajstić information content (AvgIpc) is 3.27. The SMILES string of the molecule is Cc1nc2ccccc2n1Cc1cc(NS(=O)(=O)c2ccoc2)ccc1Cl. The third-order valence-corrected chi connectivity index (χ3v) is 6.00. The van der Waals surface area contributed by atoms with Crippen molar-refractivity contribution < 1.29 is 12.8 Å². The molecular formula is C19H16ClN3O3S. The van der Waals surface area contributed by atoms with Crippen LogP contribution in [0.5, 0.6) is 0 Å². The maximum Gasteiger partial charge on any atom is 0.265 e. The third-order valence-electron chi connectivity index (χ3n) is 4.28. The largest absolute Gasteiger partial charge is 0.471 e. The molecule has 4 aromatic rings. The fourth-order valence-electron chi connectivity index (χ4n) is 2.94. The lowest BCUT2D eigenvalue weighted by molar-refractivity contribution is 0.557. The van der Waals surface area contributed by atoms with Gasteiger partial charge in [0.2, 0.25) is 0 Å². The van der Waals surface area contributed by atoms with Crippen LogP contribution in [0.25, 0.3) is 11.0 Å². The molecule has 0 unspecified atom stereocenters. The van der Waals surface area contributed by atoms with Crippen molar-refractivity contribution >= 4 is 38.3 Å². The van der Waals surface area contributed by atoms with E-state index in [1.165, 1.54) is 18.6 Å². The van der Waals surface area contributed by atoms with Gasteiger partial charge in [-0.05, 0) is 48.9 Å². The Balaban J connectivity index is 1.68. The zero-order chi connectivity index (χ0) is 19.0. The van der Waals surface area contributed by atoms with Crippen molar-refractivity contribution in [2.24, 2.45) is 0 Å². The van der Waals surface area contributed by atoms with Crippen LogP contribution in [0, 0.1) is 6.92 Å². The van der Waals surface area contributed by atoms with Crippen LogP contribution >= 0.6 is 11.6 Å². The molecule has 0 saturated carbocycles. The van der Waals surface area contributed by atoms with E-state index in [-0.39, 0.29) is 4.90 Å². The number of furan rings is 1. The van der Waals surface area contributed by atoms with Crippen molar-refractivity contribution in [3.05, 3.63) is 77.5 Å². The van der Waals surface area contributed by atoms with Gasteiger partial charge in [0.1, 0.15) is 17.0 Å². The van der Waals surface area contributed by atoms with Crippen LogP contribution in [-0.2, 0) is 16.6 Å². The molecule has 0 aliphatic carbocycles. The molecule has 0 spiro atoms.